The first-order valence-corrected chi connectivity index (χ1v) is 7.17. The molecule has 1 aliphatic carbocycles. The van der Waals surface area contributed by atoms with E-state index in [1.165, 1.54) is 6.42 Å². The van der Waals surface area contributed by atoms with Gasteiger partial charge in [-0.3, -0.25) is 4.21 Å². The number of hydrogen-bond donors (Lipinski definition) is 2. The van der Waals surface area contributed by atoms with Gasteiger partial charge < -0.3 is 10.6 Å². The van der Waals surface area contributed by atoms with Crippen molar-refractivity contribution >= 4 is 16.8 Å². The fourth-order valence-corrected chi connectivity index (χ4v) is 2.10. The summed E-state index contributed by atoms with van der Waals surface area (Å²) >= 11 is 0. The molecule has 0 spiro atoms. The van der Waals surface area contributed by atoms with Crippen LogP contribution in [-0.2, 0) is 10.8 Å². The van der Waals surface area contributed by atoms with E-state index in [4.69, 9.17) is 0 Å². The summed E-state index contributed by atoms with van der Waals surface area (Å²) in [5, 5.41) is 5.76. The molecule has 0 aromatic rings. The second kappa shape index (κ2) is 6.10. The van der Waals surface area contributed by atoms with Crippen molar-refractivity contribution < 1.29 is 9.00 Å². The van der Waals surface area contributed by atoms with Crippen molar-refractivity contribution in [2.24, 2.45) is 0 Å². The summed E-state index contributed by atoms with van der Waals surface area (Å²) in [5.74, 6) is 0.644. The molecule has 2 atom stereocenters. The molecule has 2 unspecified atom stereocenters. The molecular formula is C10H20N2O2S. The van der Waals surface area contributed by atoms with Crippen molar-refractivity contribution in [1.29, 1.82) is 0 Å². The van der Waals surface area contributed by atoms with Crippen molar-refractivity contribution in [3.05, 3.63) is 0 Å². The van der Waals surface area contributed by atoms with Gasteiger partial charge in [-0.05, 0) is 32.6 Å². The quantitative estimate of drug-likeness (QED) is 0.743. The van der Waals surface area contributed by atoms with Gasteiger partial charge in [-0.1, -0.05) is 0 Å². The predicted octanol–water partition coefficient (Wildman–Crippen LogP) is 0.995. The number of rotatable bonds is 5. The smallest absolute Gasteiger partial charge is 0.315 e. The molecule has 88 valence electrons. The number of carbonyl (C=O) groups excluding carboxylic acids is 1. The van der Waals surface area contributed by atoms with Gasteiger partial charge in [-0.2, -0.15) is 0 Å². The Morgan fingerprint density at radius 1 is 1.53 bits per heavy atom. The third kappa shape index (κ3) is 5.16. The van der Waals surface area contributed by atoms with Crippen LogP contribution in [0.3, 0.4) is 0 Å². The molecule has 1 saturated carbocycles. The Labute approximate surface area is 93.7 Å². The van der Waals surface area contributed by atoms with E-state index in [0.717, 1.165) is 19.3 Å². The molecule has 0 aromatic heterocycles. The number of carbonyl (C=O) groups is 1. The lowest BCUT2D eigenvalue weighted by molar-refractivity contribution is 0.225. The molecule has 1 rings (SSSR count). The summed E-state index contributed by atoms with van der Waals surface area (Å²) in [6, 6.07) is 0.376. The lowest BCUT2D eigenvalue weighted by atomic mass is 9.93. The maximum atomic E-state index is 11.4. The van der Waals surface area contributed by atoms with Gasteiger partial charge in [0.2, 0.25) is 0 Å². The average molecular weight is 232 g/mol. The largest absolute Gasteiger partial charge is 0.336 e. The number of urea groups is 1. The van der Waals surface area contributed by atoms with Crippen LogP contribution in [0.5, 0.6) is 0 Å². The summed E-state index contributed by atoms with van der Waals surface area (Å²) in [4.78, 5) is 11.4. The number of hydrogen-bond acceptors (Lipinski definition) is 2. The molecule has 0 heterocycles. The van der Waals surface area contributed by atoms with Crippen LogP contribution in [-0.4, -0.2) is 34.3 Å². The van der Waals surface area contributed by atoms with Crippen molar-refractivity contribution in [2.75, 3.05) is 12.0 Å². The highest BCUT2D eigenvalue weighted by molar-refractivity contribution is 7.84. The maximum Gasteiger partial charge on any atom is 0.315 e. The summed E-state index contributed by atoms with van der Waals surface area (Å²) in [5.41, 5.74) is 0. The van der Waals surface area contributed by atoms with Gasteiger partial charge in [0.05, 0.1) is 0 Å². The minimum Gasteiger partial charge on any atom is -0.336 e. The zero-order valence-corrected chi connectivity index (χ0v) is 10.2. The molecule has 2 amide bonds. The second-order valence-electron chi connectivity index (χ2n) is 4.21. The fourth-order valence-electron chi connectivity index (χ4n) is 1.42. The molecule has 0 bridgehead atoms. The van der Waals surface area contributed by atoms with Crippen molar-refractivity contribution in [2.45, 2.75) is 44.7 Å². The number of amides is 2. The fraction of sp³-hybridized carbons (Fsp3) is 0.900. The first-order chi connectivity index (χ1) is 7.08. The van der Waals surface area contributed by atoms with Crippen molar-refractivity contribution in [1.82, 2.24) is 10.6 Å². The van der Waals surface area contributed by atoms with Crippen LogP contribution in [0.15, 0.2) is 0 Å². The monoisotopic (exact) mass is 232 g/mol. The summed E-state index contributed by atoms with van der Waals surface area (Å²) in [6.07, 6.45) is 5.86. The van der Waals surface area contributed by atoms with E-state index in [2.05, 4.69) is 10.6 Å². The van der Waals surface area contributed by atoms with Crippen molar-refractivity contribution in [3.63, 3.8) is 0 Å². The van der Waals surface area contributed by atoms with Gasteiger partial charge in [0.1, 0.15) is 0 Å². The average Bonchev–Trinajstić information content (AvgIpc) is 2.08. The van der Waals surface area contributed by atoms with E-state index in [-0.39, 0.29) is 12.1 Å². The Kier molecular flexibility index (Phi) is 5.08. The molecule has 0 saturated heterocycles. The lowest BCUT2D eigenvalue weighted by Crippen LogP contribution is -2.47. The van der Waals surface area contributed by atoms with Gasteiger partial charge in [0.15, 0.2) is 0 Å². The highest BCUT2D eigenvalue weighted by Crippen LogP contribution is 2.17. The maximum absolute atomic E-state index is 11.4. The normalized spacial score (nSPS) is 20.1. The molecule has 0 aliphatic heterocycles. The molecule has 1 aliphatic rings. The van der Waals surface area contributed by atoms with Gasteiger partial charge in [0, 0.05) is 34.9 Å². The number of nitrogens with one attached hydrogen (secondary N) is 2. The Morgan fingerprint density at radius 3 is 2.67 bits per heavy atom. The van der Waals surface area contributed by atoms with Crippen LogP contribution < -0.4 is 10.6 Å². The Bertz CT molecular complexity index is 242. The first kappa shape index (κ1) is 12.5. The van der Waals surface area contributed by atoms with Crippen LogP contribution >= 0.6 is 0 Å². The molecule has 2 N–H and O–H groups in total. The third-order valence-electron chi connectivity index (χ3n) is 2.66. The van der Waals surface area contributed by atoms with Crippen LogP contribution in [0, 0.1) is 0 Å². The molecule has 0 radical (unpaired) electrons. The van der Waals surface area contributed by atoms with E-state index >= 15 is 0 Å². The molecule has 15 heavy (non-hydrogen) atoms. The zero-order valence-electron chi connectivity index (χ0n) is 9.41. The highest BCUT2D eigenvalue weighted by Gasteiger charge is 2.19. The second-order valence-corrected chi connectivity index (χ2v) is 5.77. The van der Waals surface area contributed by atoms with Crippen LogP contribution in [0.25, 0.3) is 0 Å². The lowest BCUT2D eigenvalue weighted by Gasteiger charge is -2.27. The first-order valence-electron chi connectivity index (χ1n) is 5.45. The predicted molar refractivity (Wildman–Crippen MR) is 62.3 cm³/mol. The molecule has 0 aromatic carbocycles. The van der Waals surface area contributed by atoms with Gasteiger partial charge in [0.25, 0.3) is 0 Å². The Morgan fingerprint density at radius 2 is 2.20 bits per heavy atom. The van der Waals surface area contributed by atoms with E-state index in [1.807, 2.05) is 6.92 Å². The minimum absolute atomic E-state index is 0.0888. The standard InChI is InChI=1S/C10H20N2O2S/c1-8(6-7-15(2)14)11-10(13)12-9-4-3-5-9/h8-9H,3-7H2,1-2H3,(H2,11,12,13). The van der Waals surface area contributed by atoms with Gasteiger partial charge in [-0.15, -0.1) is 0 Å². The van der Waals surface area contributed by atoms with Crippen molar-refractivity contribution in [3.8, 4) is 0 Å². The summed E-state index contributed by atoms with van der Waals surface area (Å²) in [6.45, 7) is 1.94. The topological polar surface area (TPSA) is 58.2 Å². The van der Waals surface area contributed by atoms with E-state index in [9.17, 15) is 9.00 Å². The summed E-state index contributed by atoms with van der Waals surface area (Å²) < 4.78 is 10.8. The molecule has 4 nitrogen and oxygen atoms in total. The zero-order chi connectivity index (χ0) is 11.3. The molecule has 1 fully saturated rings. The highest BCUT2D eigenvalue weighted by atomic mass is 32.2. The van der Waals surface area contributed by atoms with Crippen LogP contribution in [0.1, 0.15) is 32.6 Å². The van der Waals surface area contributed by atoms with Gasteiger partial charge in [-0.25, -0.2) is 4.79 Å². The Hall–Kier alpha value is -0.580. The summed E-state index contributed by atoms with van der Waals surface area (Å²) in [7, 11) is -0.774. The van der Waals surface area contributed by atoms with Crippen LogP contribution in [0.4, 0.5) is 4.79 Å². The van der Waals surface area contributed by atoms with Crippen LogP contribution in [0.2, 0.25) is 0 Å². The van der Waals surface area contributed by atoms with Gasteiger partial charge >= 0.3 is 6.03 Å². The molecule has 5 heteroatoms. The van der Waals surface area contributed by atoms with E-state index in [1.54, 1.807) is 6.26 Å². The van der Waals surface area contributed by atoms with E-state index in [0.29, 0.717) is 11.8 Å². The molecular weight excluding hydrogens is 212 g/mol. The SMILES string of the molecule is CC(CCS(C)=O)NC(=O)NC1CCC1. The minimum atomic E-state index is -0.774. The van der Waals surface area contributed by atoms with E-state index < -0.39 is 10.8 Å². The third-order valence-corrected chi connectivity index (χ3v) is 3.47. The Balaban J connectivity index is 2.09.